The van der Waals surface area contributed by atoms with E-state index in [4.69, 9.17) is 10.5 Å². The minimum absolute atomic E-state index is 0.709. The number of aryl methyl sites for hydroxylation is 2. The van der Waals surface area contributed by atoms with E-state index in [0.717, 1.165) is 37.1 Å². The summed E-state index contributed by atoms with van der Waals surface area (Å²) in [5.41, 5.74) is 9.60. The zero-order chi connectivity index (χ0) is 12.0. The van der Waals surface area contributed by atoms with Gasteiger partial charge in [0, 0.05) is 5.69 Å². The van der Waals surface area contributed by atoms with Crippen LogP contribution in [-0.4, -0.2) is 6.61 Å². The number of ether oxygens (including phenoxy) is 1. The molecule has 0 fully saturated rings. The molecule has 0 bridgehead atoms. The predicted molar refractivity (Wildman–Crippen MR) is 70.0 cm³/mol. The second kappa shape index (κ2) is 6.41. The Bertz CT molecular complexity index is 307. The molecule has 2 N–H and O–H groups in total. The molecule has 0 saturated heterocycles. The number of nitrogen functional groups attached to an aromatic ring is 1. The maximum Gasteiger partial charge on any atom is 0.119 e. The van der Waals surface area contributed by atoms with E-state index in [1.165, 1.54) is 11.1 Å². The maximum absolute atomic E-state index is 6.16. The van der Waals surface area contributed by atoms with Crippen LogP contribution < -0.4 is 10.5 Å². The number of nitrogens with two attached hydrogens (primary N) is 1. The summed E-state index contributed by atoms with van der Waals surface area (Å²) in [5.74, 6) is 0.962. The number of anilines is 1. The van der Waals surface area contributed by atoms with E-state index < -0.39 is 0 Å². The van der Waals surface area contributed by atoms with Gasteiger partial charge in [-0.15, -0.1) is 0 Å². The first-order chi connectivity index (χ1) is 7.72. The lowest BCUT2D eigenvalue weighted by Gasteiger charge is -2.13. The Balaban J connectivity index is 3.05. The molecule has 90 valence electrons. The minimum Gasteiger partial charge on any atom is -0.494 e. The SMILES string of the molecule is CCCc1cc(OCC)cc(CCC)c1N. The van der Waals surface area contributed by atoms with Gasteiger partial charge in [0.05, 0.1) is 6.61 Å². The Kier molecular flexibility index (Phi) is 5.17. The van der Waals surface area contributed by atoms with E-state index in [1.54, 1.807) is 0 Å². The van der Waals surface area contributed by atoms with Crippen molar-refractivity contribution in [1.82, 2.24) is 0 Å². The second-order valence-electron chi connectivity index (χ2n) is 4.09. The molecule has 2 heteroatoms. The van der Waals surface area contributed by atoms with Gasteiger partial charge in [0.15, 0.2) is 0 Å². The molecule has 0 saturated carbocycles. The van der Waals surface area contributed by atoms with Gasteiger partial charge < -0.3 is 10.5 Å². The van der Waals surface area contributed by atoms with Crippen molar-refractivity contribution in [2.75, 3.05) is 12.3 Å². The minimum atomic E-state index is 0.709. The third kappa shape index (κ3) is 3.16. The van der Waals surface area contributed by atoms with Crippen LogP contribution >= 0.6 is 0 Å². The number of hydrogen-bond donors (Lipinski definition) is 1. The van der Waals surface area contributed by atoms with Crippen molar-refractivity contribution >= 4 is 5.69 Å². The van der Waals surface area contributed by atoms with Crippen LogP contribution in [0.1, 0.15) is 44.7 Å². The van der Waals surface area contributed by atoms with Gasteiger partial charge in [0.25, 0.3) is 0 Å². The highest BCUT2D eigenvalue weighted by Gasteiger charge is 2.07. The van der Waals surface area contributed by atoms with Crippen molar-refractivity contribution in [1.29, 1.82) is 0 Å². The molecule has 0 spiro atoms. The highest BCUT2D eigenvalue weighted by molar-refractivity contribution is 5.57. The molecule has 0 atom stereocenters. The maximum atomic E-state index is 6.16. The monoisotopic (exact) mass is 221 g/mol. The summed E-state index contributed by atoms with van der Waals surface area (Å²) in [6.07, 6.45) is 4.30. The van der Waals surface area contributed by atoms with Crippen molar-refractivity contribution in [2.45, 2.75) is 46.5 Å². The Morgan fingerprint density at radius 3 is 1.88 bits per heavy atom. The Labute approximate surface area is 98.8 Å². The fourth-order valence-electron chi connectivity index (χ4n) is 1.95. The Morgan fingerprint density at radius 1 is 1.00 bits per heavy atom. The molecular formula is C14H23NO. The van der Waals surface area contributed by atoms with E-state index in [9.17, 15) is 0 Å². The van der Waals surface area contributed by atoms with Crippen LogP contribution in [0.3, 0.4) is 0 Å². The van der Waals surface area contributed by atoms with Crippen molar-refractivity contribution < 1.29 is 4.74 Å². The molecule has 1 rings (SSSR count). The summed E-state index contributed by atoms with van der Waals surface area (Å²) in [6.45, 7) is 7.06. The van der Waals surface area contributed by atoms with E-state index in [1.807, 2.05) is 6.92 Å². The zero-order valence-electron chi connectivity index (χ0n) is 10.7. The van der Waals surface area contributed by atoms with Gasteiger partial charge in [-0.2, -0.15) is 0 Å². The molecule has 1 aromatic carbocycles. The van der Waals surface area contributed by atoms with Crippen LogP contribution in [0.4, 0.5) is 5.69 Å². The van der Waals surface area contributed by atoms with Gasteiger partial charge in [0.1, 0.15) is 5.75 Å². The van der Waals surface area contributed by atoms with Crippen LogP contribution in [0.2, 0.25) is 0 Å². The molecule has 0 aliphatic rings. The Hall–Kier alpha value is -1.18. The second-order valence-corrected chi connectivity index (χ2v) is 4.09. The summed E-state index contributed by atoms with van der Waals surface area (Å²) in [7, 11) is 0. The standard InChI is InChI=1S/C14H23NO/c1-4-7-11-9-13(16-6-3)10-12(8-5-2)14(11)15/h9-10H,4-8,15H2,1-3H3. The first kappa shape index (κ1) is 12.9. The van der Waals surface area contributed by atoms with Gasteiger partial charge >= 0.3 is 0 Å². The fraction of sp³-hybridized carbons (Fsp3) is 0.571. The molecule has 1 aromatic rings. The normalized spacial score (nSPS) is 10.4. The molecule has 0 aliphatic heterocycles. The van der Waals surface area contributed by atoms with Gasteiger partial charge in [-0.1, -0.05) is 26.7 Å². The lowest BCUT2D eigenvalue weighted by atomic mass is 10.00. The van der Waals surface area contributed by atoms with Crippen LogP contribution in [0.5, 0.6) is 5.75 Å². The smallest absolute Gasteiger partial charge is 0.119 e. The molecule has 0 amide bonds. The van der Waals surface area contributed by atoms with E-state index in [0.29, 0.717) is 6.61 Å². The van der Waals surface area contributed by atoms with Gasteiger partial charge in [-0.3, -0.25) is 0 Å². The largest absolute Gasteiger partial charge is 0.494 e. The van der Waals surface area contributed by atoms with Crippen molar-refractivity contribution in [3.05, 3.63) is 23.3 Å². The van der Waals surface area contributed by atoms with E-state index in [-0.39, 0.29) is 0 Å². The lowest BCUT2D eigenvalue weighted by Crippen LogP contribution is -2.02. The van der Waals surface area contributed by atoms with Crippen LogP contribution in [0, 0.1) is 0 Å². The highest BCUT2D eigenvalue weighted by Crippen LogP contribution is 2.27. The third-order valence-electron chi connectivity index (χ3n) is 2.67. The number of hydrogen-bond acceptors (Lipinski definition) is 2. The average molecular weight is 221 g/mol. The third-order valence-corrected chi connectivity index (χ3v) is 2.67. The van der Waals surface area contributed by atoms with Gasteiger partial charge in [0.2, 0.25) is 0 Å². The van der Waals surface area contributed by atoms with Crippen LogP contribution in [-0.2, 0) is 12.8 Å². The van der Waals surface area contributed by atoms with Crippen molar-refractivity contribution in [2.24, 2.45) is 0 Å². The predicted octanol–water partition coefficient (Wildman–Crippen LogP) is 3.57. The Morgan fingerprint density at radius 2 is 1.50 bits per heavy atom. The molecule has 0 radical (unpaired) electrons. The summed E-state index contributed by atoms with van der Waals surface area (Å²) in [5, 5.41) is 0. The highest BCUT2D eigenvalue weighted by atomic mass is 16.5. The number of rotatable bonds is 6. The summed E-state index contributed by atoms with van der Waals surface area (Å²) >= 11 is 0. The molecule has 0 unspecified atom stereocenters. The molecule has 0 aromatic heterocycles. The van der Waals surface area contributed by atoms with Crippen molar-refractivity contribution in [3.63, 3.8) is 0 Å². The summed E-state index contributed by atoms with van der Waals surface area (Å²) in [4.78, 5) is 0. The van der Waals surface area contributed by atoms with E-state index >= 15 is 0 Å². The quantitative estimate of drug-likeness (QED) is 0.745. The molecule has 2 nitrogen and oxygen atoms in total. The first-order valence-corrected chi connectivity index (χ1v) is 6.26. The van der Waals surface area contributed by atoms with Gasteiger partial charge in [-0.05, 0) is 43.0 Å². The summed E-state index contributed by atoms with van der Waals surface area (Å²) in [6, 6.07) is 4.17. The van der Waals surface area contributed by atoms with Crippen LogP contribution in [0.15, 0.2) is 12.1 Å². The zero-order valence-corrected chi connectivity index (χ0v) is 10.7. The average Bonchev–Trinajstić information content (AvgIpc) is 2.26. The van der Waals surface area contributed by atoms with E-state index in [2.05, 4.69) is 26.0 Å². The first-order valence-electron chi connectivity index (χ1n) is 6.26. The van der Waals surface area contributed by atoms with Gasteiger partial charge in [-0.25, -0.2) is 0 Å². The topological polar surface area (TPSA) is 35.2 Å². The molecule has 0 aliphatic carbocycles. The summed E-state index contributed by atoms with van der Waals surface area (Å²) < 4.78 is 5.58. The molecular weight excluding hydrogens is 198 g/mol. The molecule has 0 heterocycles. The van der Waals surface area contributed by atoms with Crippen molar-refractivity contribution in [3.8, 4) is 5.75 Å². The fourth-order valence-corrected chi connectivity index (χ4v) is 1.95. The number of benzene rings is 1. The lowest BCUT2D eigenvalue weighted by molar-refractivity contribution is 0.339. The molecule has 16 heavy (non-hydrogen) atoms. The van der Waals surface area contributed by atoms with Crippen LogP contribution in [0.25, 0.3) is 0 Å².